The molecule has 8 rings (SSSR count). The van der Waals surface area contributed by atoms with Crippen LogP contribution in [-0.4, -0.2) is 0 Å². The zero-order valence-corrected chi connectivity index (χ0v) is 30.2. The molecule has 0 N–H and O–H groups in total. The summed E-state index contributed by atoms with van der Waals surface area (Å²) in [7, 11) is 0. The van der Waals surface area contributed by atoms with Gasteiger partial charge in [0.15, 0.2) is 0 Å². The van der Waals surface area contributed by atoms with Crippen LogP contribution in [0.3, 0.4) is 0 Å². The van der Waals surface area contributed by atoms with Gasteiger partial charge in [-0.15, -0.1) is 0 Å². The number of nitrogens with zero attached hydrogens (tertiary/aromatic N) is 1. The molecule has 2 aliphatic rings. The van der Waals surface area contributed by atoms with Crippen molar-refractivity contribution in [2.45, 2.75) is 32.1 Å². The van der Waals surface area contributed by atoms with Crippen LogP contribution in [0.1, 0.15) is 41.9 Å². The standard InChI is InChI=1S/C51H43NO/c1-4-13-41(50-23-11-15-37(3)47-21-9-10-22-51(47)53-50)32-33-52(45-30-26-38-16-6-7-17-42(38)34-45)44-28-24-39(25-29-44)43-27-31-48(40-18-12-19-40)49(35-43)46-20-8-5-14-36(46)2/h4-11,13-17,20-35,40H,1,3,12,18-19H2,2H3/b15-11-,33-32-,41-13+,50-23-. The van der Waals surface area contributed by atoms with Gasteiger partial charge in [-0.1, -0.05) is 141 Å². The van der Waals surface area contributed by atoms with Crippen molar-refractivity contribution >= 4 is 27.7 Å². The van der Waals surface area contributed by atoms with Gasteiger partial charge in [0.1, 0.15) is 11.5 Å². The van der Waals surface area contributed by atoms with E-state index in [0.29, 0.717) is 5.92 Å². The van der Waals surface area contributed by atoms with Crippen molar-refractivity contribution in [3.8, 4) is 28.0 Å². The number of hydrogen-bond acceptors (Lipinski definition) is 2. The predicted octanol–water partition coefficient (Wildman–Crippen LogP) is 14.1. The summed E-state index contributed by atoms with van der Waals surface area (Å²) in [6.07, 6.45) is 17.9. The molecule has 2 heteroatoms. The van der Waals surface area contributed by atoms with Crippen LogP contribution in [0.2, 0.25) is 0 Å². The topological polar surface area (TPSA) is 12.5 Å². The summed E-state index contributed by atoms with van der Waals surface area (Å²) < 4.78 is 6.53. The zero-order valence-electron chi connectivity index (χ0n) is 30.2. The van der Waals surface area contributed by atoms with E-state index in [2.05, 4.69) is 146 Å². The van der Waals surface area contributed by atoms with Gasteiger partial charge in [-0.25, -0.2) is 0 Å². The molecular weight excluding hydrogens is 643 g/mol. The molecule has 258 valence electrons. The highest BCUT2D eigenvalue weighted by atomic mass is 16.5. The Hall–Kier alpha value is -6.38. The fraction of sp³-hybridized carbons (Fsp3) is 0.0980. The summed E-state index contributed by atoms with van der Waals surface area (Å²) in [5, 5.41) is 2.39. The molecule has 0 radical (unpaired) electrons. The maximum atomic E-state index is 6.53. The molecule has 2 nitrogen and oxygen atoms in total. The van der Waals surface area contributed by atoms with Gasteiger partial charge in [-0.3, -0.25) is 0 Å². The monoisotopic (exact) mass is 685 g/mol. The molecule has 0 amide bonds. The summed E-state index contributed by atoms with van der Waals surface area (Å²) >= 11 is 0. The van der Waals surface area contributed by atoms with Gasteiger partial charge < -0.3 is 9.64 Å². The Labute approximate surface area is 313 Å². The van der Waals surface area contributed by atoms with E-state index in [-0.39, 0.29) is 0 Å². The van der Waals surface area contributed by atoms with Crippen molar-refractivity contribution in [2.75, 3.05) is 4.90 Å². The lowest BCUT2D eigenvalue weighted by Gasteiger charge is -2.29. The van der Waals surface area contributed by atoms with E-state index >= 15 is 0 Å². The number of hydrogen-bond donors (Lipinski definition) is 0. The molecule has 1 saturated carbocycles. The lowest BCUT2D eigenvalue weighted by molar-refractivity contribution is 0.420. The summed E-state index contributed by atoms with van der Waals surface area (Å²) in [5.74, 6) is 2.14. The number of allylic oxidation sites excluding steroid dienone is 7. The van der Waals surface area contributed by atoms with Crippen LogP contribution < -0.4 is 9.64 Å². The van der Waals surface area contributed by atoms with Crippen LogP contribution in [0.25, 0.3) is 38.6 Å². The minimum atomic E-state index is 0.650. The maximum Gasteiger partial charge on any atom is 0.135 e. The minimum Gasteiger partial charge on any atom is -0.456 e. The maximum absolute atomic E-state index is 6.53. The molecule has 0 aromatic heterocycles. The first-order valence-electron chi connectivity index (χ1n) is 18.5. The average molecular weight is 686 g/mol. The molecule has 1 fully saturated rings. The average Bonchev–Trinajstić information content (AvgIpc) is 3.16. The highest BCUT2D eigenvalue weighted by molar-refractivity contribution is 5.88. The van der Waals surface area contributed by atoms with Crippen LogP contribution >= 0.6 is 0 Å². The second-order valence-corrected chi connectivity index (χ2v) is 13.9. The van der Waals surface area contributed by atoms with Gasteiger partial charge in [0.25, 0.3) is 0 Å². The van der Waals surface area contributed by atoms with Gasteiger partial charge in [0.05, 0.1) is 0 Å². The lowest BCUT2D eigenvalue weighted by atomic mass is 9.76. The van der Waals surface area contributed by atoms with Crippen LogP contribution in [0.15, 0.2) is 201 Å². The Balaban J connectivity index is 1.17. The summed E-state index contributed by atoms with van der Waals surface area (Å²) in [6.45, 7) is 10.5. The van der Waals surface area contributed by atoms with Crippen molar-refractivity contribution in [3.63, 3.8) is 0 Å². The molecule has 1 aliphatic heterocycles. The first-order chi connectivity index (χ1) is 26.1. The summed E-state index contributed by atoms with van der Waals surface area (Å²) in [4.78, 5) is 2.24. The van der Waals surface area contributed by atoms with Gasteiger partial charge in [0.2, 0.25) is 0 Å². The van der Waals surface area contributed by atoms with Gasteiger partial charge in [-0.2, -0.15) is 0 Å². The number of ether oxygens (including phenoxy) is 1. The Morgan fingerprint density at radius 3 is 2.21 bits per heavy atom. The van der Waals surface area contributed by atoms with E-state index < -0.39 is 0 Å². The van der Waals surface area contributed by atoms with Gasteiger partial charge >= 0.3 is 0 Å². The molecule has 0 bridgehead atoms. The molecular formula is C51H43NO. The van der Waals surface area contributed by atoms with E-state index in [0.717, 1.165) is 39.6 Å². The molecule has 0 unspecified atom stereocenters. The largest absolute Gasteiger partial charge is 0.456 e. The molecule has 0 atom stereocenters. The molecule has 6 aromatic carbocycles. The highest BCUT2D eigenvalue weighted by Gasteiger charge is 2.23. The van der Waals surface area contributed by atoms with Crippen molar-refractivity contribution < 1.29 is 4.74 Å². The Morgan fingerprint density at radius 2 is 1.43 bits per heavy atom. The Morgan fingerprint density at radius 1 is 0.717 bits per heavy atom. The molecule has 0 saturated heterocycles. The minimum absolute atomic E-state index is 0.650. The van der Waals surface area contributed by atoms with Gasteiger partial charge in [-0.05, 0) is 124 Å². The normalized spacial score (nSPS) is 16.1. The van der Waals surface area contributed by atoms with Crippen molar-refractivity contribution in [1.29, 1.82) is 0 Å². The number of rotatable bonds is 9. The fourth-order valence-corrected chi connectivity index (χ4v) is 7.35. The second kappa shape index (κ2) is 15.1. The van der Waals surface area contributed by atoms with E-state index in [1.54, 1.807) is 6.08 Å². The van der Waals surface area contributed by atoms with Crippen LogP contribution in [0.5, 0.6) is 5.75 Å². The van der Waals surface area contributed by atoms with Gasteiger partial charge in [0, 0.05) is 28.7 Å². The fourth-order valence-electron chi connectivity index (χ4n) is 7.35. The summed E-state index contributed by atoms with van der Waals surface area (Å²) in [5.41, 5.74) is 12.8. The van der Waals surface area contributed by atoms with E-state index in [4.69, 9.17) is 4.74 Å². The van der Waals surface area contributed by atoms with Crippen molar-refractivity contribution in [3.05, 3.63) is 217 Å². The number of para-hydroxylation sites is 1. The predicted molar refractivity (Wildman–Crippen MR) is 225 cm³/mol. The smallest absolute Gasteiger partial charge is 0.135 e. The number of anilines is 2. The molecule has 1 heterocycles. The third-order valence-corrected chi connectivity index (χ3v) is 10.5. The first-order valence-corrected chi connectivity index (χ1v) is 18.5. The molecule has 1 aliphatic carbocycles. The first kappa shape index (κ1) is 33.7. The molecule has 6 aromatic rings. The SMILES string of the molecule is C=C/C=C(\C=C/N(c1ccc(-c2ccc(C3CCC3)c(-c3ccccc3C)c2)cc1)c1ccc2ccccc2c1)C1=C/C=C\C(=C)c2ccccc2O\1. The second-order valence-electron chi connectivity index (χ2n) is 13.9. The zero-order chi connectivity index (χ0) is 36.1. The number of fused-ring (bicyclic) bond motifs is 2. The molecule has 53 heavy (non-hydrogen) atoms. The number of aryl methyl sites for hydroxylation is 1. The number of benzene rings is 6. The third kappa shape index (κ3) is 7.09. The van der Waals surface area contributed by atoms with Crippen LogP contribution in [-0.2, 0) is 0 Å². The van der Waals surface area contributed by atoms with E-state index in [1.807, 2.05) is 48.6 Å². The lowest BCUT2D eigenvalue weighted by Crippen LogP contribution is -2.10. The van der Waals surface area contributed by atoms with E-state index in [9.17, 15) is 0 Å². The van der Waals surface area contributed by atoms with Crippen molar-refractivity contribution in [1.82, 2.24) is 0 Å². The van der Waals surface area contributed by atoms with Crippen LogP contribution in [0.4, 0.5) is 11.4 Å². The van der Waals surface area contributed by atoms with Crippen LogP contribution in [0, 0.1) is 6.92 Å². The highest BCUT2D eigenvalue weighted by Crippen LogP contribution is 2.43. The Bertz CT molecular complexity index is 2450. The molecule has 0 spiro atoms. The quantitative estimate of drug-likeness (QED) is 0.140. The third-order valence-electron chi connectivity index (χ3n) is 10.5. The van der Waals surface area contributed by atoms with Crippen molar-refractivity contribution in [2.24, 2.45) is 0 Å². The van der Waals surface area contributed by atoms with E-state index in [1.165, 1.54) is 63.4 Å². The summed E-state index contributed by atoms with van der Waals surface area (Å²) in [6, 6.07) is 47.9. The Kier molecular flexibility index (Phi) is 9.60.